The maximum absolute atomic E-state index is 13.1. The quantitative estimate of drug-likeness (QED) is 0.775. The number of hydrogen-bond donors (Lipinski definition) is 0. The molecule has 1 aliphatic heterocycles. The fraction of sp³-hybridized carbons (Fsp3) is 0.400. The molecular formula is C20H25NO4S. The van der Waals surface area contributed by atoms with Crippen molar-refractivity contribution in [3.8, 4) is 5.75 Å². The molecule has 0 saturated carbocycles. The van der Waals surface area contributed by atoms with Crippen molar-refractivity contribution in [2.45, 2.75) is 31.3 Å². The molecular weight excluding hydrogens is 350 g/mol. The van der Waals surface area contributed by atoms with Crippen LogP contribution in [0.2, 0.25) is 0 Å². The Labute approximate surface area is 155 Å². The molecule has 1 saturated heterocycles. The van der Waals surface area contributed by atoms with Crippen molar-refractivity contribution in [3.05, 3.63) is 59.7 Å². The lowest BCUT2D eigenvalue weighted by Gasteiger charge is -2.32. The highest BCUT2D eigenvalue weighted by Crippen LogP contribution is 2.28. The van der Waals surface area contributed by atoms with Crippen molar-refractivity contribution >= 4 is 10.0 Å². The van der Waals surface area contributed by atoms with E-state index in [2.05, 4.69) is 0 Å². The Kier molecular flexibility index (Phi) is 5.96. The summed E-state index contributed by atoms with van der Waals surface area (Å²) in [5.41, 5.74) is 1.82. The molecule has 1 aliphatic rings. The number of nitrogens with zero attached hydrogens (tertiary/aromatic N) is 1. The van der Waals surface area contributed by atoms with Crippen molar-refractivity contribution in [2.24, 2.45) is 0 Å². The van der Waals surface area contributed by atoms with Gasteiger partial charge in [0.1, 0.15) is 5.75 Å². The monoisotopic (exact) mass is 375 g/mol. The van der Waals surface area contributed by atoms with Gasteiger partial charge in [0.15, 0.2) is 0 Å². The largest absolute Gasteiger partial charge is 0.493 e. The van der Waals surface area contributed by atoms with Crippen LogP contribution in [-0.4, -0.2) is 39.0 Å². The fourth-order valence-corrected chi connectivity index (χ4v) is 4.53. The summed E-state index contributed by atoms with van der Waals surface area (Å²) >= 11 is 0. The van der Waals surface area contributed by atoms with Crippen LogP contribution in [-0.2, 0) is 14.8 Å². The molecule has 0 spiro atoms. The first kappa shape index (κ1) is 18.9. The second-order valence-electron chi connectivity index (χ2n) is 6.41. The van der Waals surface area contributed by atoms with Gasteiger partial charge in [0.25, 0.3) is 0 Å². The summed E-state index contributed by atoms with van der Waals surface area (Å²) in [7, 11) is -3.56. The summed E-state index contributed by atoms with van der Waals surface area (Å²) in [4.78, 5) is 0.299. The van der Waals surface area contributed by atoms with Crippen LogP contribution in [0.5, 0.6) is 5.75 Å². The first-order valence-corrected chi connectivity index (χ1v) is 10.4. The topological polar surface area (TPSA) is 55.8 Å². The van der Waals surface area contributed by atoms with Crippen LogP contribution in [0.15, 0.2) is 53.4 Å². The van der Waals surface area contributed by atoms with Gasteiger partial charge in [-0.2, -0.15) is 4.31 Å². The van der Waals surface area contributed by atoms with E-state index in [4.69, 9.17) is 9.47 Å². The summed E-state index contributed by atoms with van der Waals surface area (Å²) in [6.07, 6.45) is 0.668. The minimum atomic E-state index is -3.56. The third kappa shape index (κ3) is 4.09. The lowest BCUT2D eigenvalue weighted by atomic mass is 10.1. The van der Waals surface area contributed by atoms with Crippen LogP contribution in [0.25, 0.3) is 0 Å². The fourth-order valence-electron chi connectivity index (χ4n) is 3.02. The first-order chi connectivity index (χ1) is 12.5. The minimum absolute atomic E-state index is 0.243. The van der Waals surface area contributed by atoms with E-state index in [1.807, 2.05) is 44.2 Å². The summed E-state index contributed by atoms with van der Waals surface area (Å²) in [5.74, 6) is 0.731. The zero-order valence-electron chi connectivity index (χ0n) is 15.2. The Morgan fingerprint density at radius 2 is 1.96 bits per heavy atom. The van der Waals surface area contributed by atoms with Gasteiger partial charge in [0.2, 0.25) is 10.0 Å². The molecule has 5 nitrogen and oxygen atoms in total. The maximum Gasteiger partial charge on any atom is 0.243 e. The van der Waals surface area contributed by atoms with E-state index in [0.717, 1.165) is 23.3 Å². The highest BCUT2D eigenvalue weighted by atomic mass is 32.2. The van der Waals surface area contributed by atoms with E-state index in [9.17, 15) is 8.42 Å². The molecule has 2 aromatic rings. The molecule has 3 rings (SSSR count). The molecule has 140 valence electrons. The van der Waals surface area contributed by atoms with Gasteiger partial charge >= 0.3 is 0 Å². The van der Waals surface area contributed by atoms with Crippen molar-refractivity contribution in [1.29, 1.82) is 0 Å². The number of rotatable bonds is 6. The molecule has 0 aliphatic carbocycles. The predicted molar refractivity (Wildman–Crippen MR) is 101 cm³/mol. The average Bonchev–Trinajstić information content (AvgIpc) is 2.68. The van der Waals surface area contributed by atoms with Crippen LogP contribution in [0.1, 0.15) is 30.6 Å². The smallest absolute Gasteiger partial charge is 0.243 e. The molecule has 6 heteroatoms. The number of morpholine rings is 1. The Morgan fingerprint density at radius 3 is 2.65 bits per heavy atom. The average molecular weight is 375 g/mol. The zero-order chi connectivity index (χ0) is 18.6. The molecule has 1 heterocycles. The summed E-state index contributed by atoms with van der Waals surface area (Å²) in [6, 6.07) is 14.8. The van der Waals surface area contributed by atoms with Gasteiger partial charge in [0.05, 0.1) is 24.2 Å². The molecule has 1 atom stereocenters. The number of hydrogen-bond acceptors (Lipinski definition) is 4. The Hall–Kier alpha value is -1.89. The van der Waals surface area contributed by atoms with E-state index in [0.29, 0.717) is 31.2 Å². The number of ether oxygens (including phenoxy) is 2. The second-order valence-corrected chi connectivity index (χ2v) is 8.35. The molecule has 2 aromatic carbocycles. The van der Waals surface area contributed by atoms with Crippen molar-refractivity contribution < 1.29 is 17.9 Å². The van der Waals surface area contributed by atoms with Crippen LogP contribution in [0, 0.1) is 6.92 Å². The summed E-state index contributed by atoms with van der Waals surface area (Å²) in [6.45, 7) is 5.59. The van der Waals surface area contributed by atoms with E-state index in [-0.39, 0.29) is 6.10 Å². The van der Waals surface area contributed by atoms with Crippen molar-refractivity contribution in [3.63, 3.8) is 0 Å². The molecule has 1 fully saturated rings. The van der Waals surface area contributed by atoms with Crippen LogP contribution in [0.4, 0.5) is 0 Å². The van der Waals surface area contributed by atoms with Gasteiger partial charge < -0.3 is 9.47 Å². The van der Waals surface area contributed by atoms with E-state index in [1.165, 1.54) is 4.31 Å². The third-order valence-electron chi connectivity index (χ3n) is 4.45. The summed E-state index contributed by atoms with van der Waals surface area (Å²) in [5, 5.41) is 0. The highest BCUT2D eigenvalue weighted by molar-refractivity contribution is 7.89. The molecule has 0 bridgehead atoms. The van der Waals surface area contributed by atoms with Crippen molar-refractivity contribution in [2.75, 3.05) is 26.3 Å². The van der Waals surface area contributed by atoms with Gasteiger partial charge in [-0.25, -0.2) is 8.42 Å². The third-order valence-corrected chi connectivity index (χ3v) is 6.31. The van der Waals surface area contributed by atoms with Crippen LogP contribution in [0.3, 0.4) is 0 Å². The lowest BCUT2D eigenvalue weighted by molar-refractivity contribution is -0.00255. The van der Waals surface area contributed by atoms with E-state index in [1.54, 1.807) is 18.2 Å². The van der Waals surface area contributed by atoms with Crippen molar-refractivity contribution in [1.82, 2.24) is 4.31 Å². The number of aryl methyl sites for hydroxylation is 1. The minimum Gasteiger partial charge on any atom is -0.493 e. The Balaban J connectivity index is 1.80. The molecule has 0 amide bonds. The number of benzene rings is 2. The van der Waals surface area contributed by atoms with Gasteiger partial charge in [-0.05, 0) is 42.7 Å². The standard InChI is InChI=1S/C20H25NO4S/c1-3-12-24-19-10-9-18(14-16(19)2)26(22,23)21-11-13-25-20(15-21)17-7-5-4-6-8-17/h4-10,14,20H,3,11-13,15H2,1-2H3. The zero-order valence-corrected chi connectivity index (χ0v) is 16.0. The normalized spacial score (nSPS) is 18.6. The molecule has 1 unspecified atom stereocenters. The van der Waals surface area contributed by atoms with Gasteiger partial charge in [0, 0.05) is 13.1 Å². The lowest BCUT2D eigenvalue weighted by Crippen LogP contribution is -2.42. The first-order valence-electron chi connectivity index (χ1n) is 8.92. The SMILES string of the molecule is CCCOc1ccc(S(=O)(=O)N2CCOC(c3ccccc3)C2)cc1C. The van der Waals surface area contributed by atoms with Gasteiger partial charge in [-0.1, -0.05) is 37.3 Å². The van der Waals surface area contributed by atoms with Crippen LogP contribution < -0.4 is 4.74 Å². The number of sulfonamides is 1. The molecule has 0 N–H and O–H groups in total. The Morgan fingerprint density at radius 1 is 1.19 bits per heavy atom. The second kappa shape index (κ2) is 8.20. The van der Waals surface area contributed by atoms with E-state index < -0.39 is 10.0 Å². The maximum atomic E-state index is 13.1. The molecule has 0 aromatic heterocycles. The predicted octanol–water partition coefficient (Wildman–Crippen LogP) is 3.55. The molecule has 26 heavy (non-hydrogen) atoms. The highest BCUT2D eigenvalue weighted by Gasteiger charge is 2.31. The molecule has 0 radical (unpaired) electrons. The van der Waals surface area contributed by atoms with Gasteiger partial charge in [-0.3, -0.25) is 0 Å². The summed E-state index contributed by atoms with van der Waals surface area (Å²) < 4.78 is 39.1. The van der Waals surface area contributed by atoms with Crippen LogP contribution >= 0.6 is 0 Å². The van der Waals surface area contributed by atoms with Gasteiger partial charge in [-0.15, -0.1) is 0 Å². The Bertz CT molecular complexity index is 836. The van der Waals surface area contributed by atoms with E-state index >= 15 is 0 Å².